The van der Waals surface area contributed by atoms with Crippen LogP contribution in [0.1, 0.15) is 6.42 Å². The van der Waals surface area contributed by atoms with Gasteiger partial charge < -0.3 is 0 Å². The van der Waals surface area contributed by atoms with E-state index in [1.807, 2.05) is 0 Å². The van der Waals surface area contributed by atoms with Crippen molar-refractivity contribution in [2.45, 2.75) is 6.42 Å². The molecular formula is C5H7NO2S. The van der Waals surface area contributed by atoms with E-state index in [4.69, 9.17) is 5.14 Å². The van der Waals surface area contributed by atoms with Crippen LogP contribution in [0.4, 0.5) is 0 Å². The van der Waals surface area contributed by atoms with Crippen molar-refractivity contribution in [1.82, 2.24) is 0 Å². The first-order chi connectivity index (χ1) is 4.11. The maximum absolute atomic E-state index is 10.5. The van der Waals surface area contributed by atoms with E-state index in [0.29, 0.717) is 11.3 Å². The van der Waals surface area contributed by atoms with E-state index in [1.165, 1.54) is 6.08 Å². The smallest absolute Gasteiger partial charge is 0.225 e. The molecule has 1 aliphatic rings. The number of allylic oxidation sites excluding steroid dienone is 4. The Morgan fingerprint density at radius 2 is 2.22 bits per heavy atom. The highest BCUT2D eigenvalue weighted by Gasteiger charge is 2.10. The molecular weight excluding hydrogens is 138 g/mol. The number of hydrogen-bond acceptors (Lipinski definition) is 2. The topological polar surface area (TPSA) is 60.2 Å². The lowest BCUT2D eigenvalue weighted by molar-refractivity contribution is 0.603. The molecule has 0 aromatic rings. The summed E-state index contributed by atoms with van der Waals surface area (Å²) in [6, 6.07) is 0. The van der Waals surface area contributed by atoms with Crippen LogP contribution in [-0.4, -0.2) is 8.42 Å². The van der Waals surface area contributed by atoms with Crippen LogP contribution in [0.25, 0.3) is 0 Å². The van der Waals surface area contributed by atoms with Gasteiger partial charge in [0, 0.05) is 6.42 Å². The van der Waals surface area contributed by atoms with Gasteiger partial charge >= 0.3 is 0 Å². The standard InChI is InChI=1S/C5H7NO2S/c6-9(7,8)5-3-1-2-4-5/h1-3H,4H2,(H2,6,7,8). The molecule has 2 N–H and O–H groups in total. The van der Waals surface area contributed by atoms with Crippen LogP contribution >= 0.6 is 0 Å². The first-order valence-corrected chi connectivity index (χ1v) is 4.04. The predicted molar refractivity (Wildman–Crippen MR) is 34.9 cm³/mol. The van der Waals surface area contributed by atoms with Crippen molar-refractivity contribution in [2.24, 2.45) is 5.14 Å². The Bertz CT molecular complexity index is 261. The van der Waals surface area contributed by atoms with Crippen LogP contribution in [0.5, 0.6) is 0 Å². The first-order valence-electron chi connectivity index (χ1n) is 2.49. The second-order valence-corrected chi connectivity index (χ2v) is 3.42. The van der Waals surface area contributed by atoms with Crippen LogP contribution in [-0.2, 0) is 10.0 Å². The van der Waals surface area contributed by atoms with Gasteiger partial charge in [-0.25, -0.2) is 13.6 Å². The third-order valence-electron chi connectivity index (χ3n) is 1.10. The molecule has 0 fully saturated rings. The van der Waals surface area contributed by atoms with Gasteiger partial charge in [0.2, 0.25) is 10.0 Å². The van der Waals surface area contributed by atoms with Gasteiger partial charge in [0.1, 0.15) is 0 Å². The van der Waals surface area contributed by atoms with E-state index in [0.717, 1.165) is 0 Å². The van der Waals surface area contributed by atoms with E-state index in [1.54, 1.807) is 12.2 Å². The Labute approximate surface area is 53.9 Å². The van der Waals surface area contributed by atoms with Crippen molar-refractivity contribution < 1.29 is 8.42 Å². The van der Waals surface area contributed by atoms with Crippen LogP contribution in [0.15, 0.2) is 23.1 Å². The molecule has 4 heteroatoms. The van der Waals surface area contributed by atoms with Gasteiger partial charge in [-0.1, -0.05) is 12.2 Å². The third kappa shape index (κ3) is 1.40. The molecule has 0 aromatic heterocycles. The summed E-state index contributed by atoms with van der Waals surface area (Å²) in [6.45, 7) is 0. The summed E-state index contributed by atoms with van der Waals surface area (Å²) < 4.78 is 21.0. The highest BCUT2D eigenvalue weighted by atomic mass is 32.2. The first kappa shape index (κ1) is 6.51. The van der Waals surface area contributed by atoms with Crippen molar-refractivity contribution in [2.75, 3.05) is 0 Å². The Morgan fingerprint density at radius 1 is 1.56 bits per heavy atom. The Morgan fingerprint density at radius 3 is 2.44 bits per heavy atom. The molecule has 0 amide bonds. The number of sulfonamides is 1. The predicted octanol–water partition coefficient (Wildman–Crippen LogP) is 0.119. The van der Waals surface area contributed by atoms with Crippen LogP contribution in [0, 0.1) is 0 Å². The Balaban J connectivity index is 2.92. The molecule has 0 saturated carbocycles. The minimum Gasteiger partial charge on any atom is -0.225 e. The highest BCUT2D eigenvalue weighted by Crippen LogP contribution is 2.13. The molecule has 0 atom stereocenters. The Kier molecular flexibility index (Phi) is 1.42. The molecule has 50 valence electrons. The molecule has 0 aromatic carbocycles. The lowest BCUT2D eigenvalue weighted by Gasteiger charge is -1.93. The summed E-state index contributed by atoms with van der Waals surface area (Å²) >= 11 is 0. The van der Waals surface area contributed by atoms with Gasteiger partial charge in [-0.05, 0) is 6.08 Å². The Hall–Kier alpha value is -0.610. The zero-order chi connectivity index (χ0) is 6.91. The van der Waals surface area contributed by atoms with E-state index in [2.05, 4.69) is 0 Å². The molecule has 0 bridgehead atoms. The maximum atomic E-state index is 10.5. The molecule has 0 radical (unpaired) electrons. The molecule has 0 spiro atoms. The summed E-state index contributed by atoms with van der Waals surface area (Å²) in [4.78, 5) is 0.294. The normalized spacial score (nSPS) is 18.1. The van der Waals surface area contributed by atoms with Crippen molar-refractivity contribution in [3.05, 3.63) is 23.1 Å². The molecule has 0 saturated heterocycles. The molecule has 0 heterocycles. The van der Waals surface area contributed by atoms with Gasteiger partial charge in [-0.3, -0.25) is 0 Å². The summed E-state index contributed by atoms with van der Waals surface area (Å²) in [6.07, 6.45) is 5.38. The SMILES string of the molecule is NS(=O)(=O)C1=CC=CC1. The second kappa shape index (κ2) is 1.97. The zero-order valence-electron chi connectivity index (χ0n) is 4.74. The minimum absolute atomic E-state index is 0.294. The molecule has 3 nitrogen and oxygen atoms in total. The number of hydrogen-bond donors (Lipinski definition) is 1. The zero-order valence-corrected chi connectivity index (χ0v) is 5.56. The van der Waals surface area contributed by atoms with E-state index in [9.17, 15) is 8.42 Å². The number of primary sulfonamides is 1. The van der Waals surface area contributed by atoms with Crippen LogP contribution < -0.4 is 5.14 Å². The average molecular weight is 145 g/mol. The fourth-order valence-corrected chi connectivity index (χ4v) is 1.24. The molecule has 0 aliphatic heterocycles. The van der Waals surface area contributed by atoms with Gasteiger partial charge in [-0.15, -0.1) is 0 Å². The van der Waals surface area contributed by atoms with E-state index in [-0.39, 0.29) is 0 Å². The monoisotopic (exact) mass is 145 g/mol. The summed E-state index contributed by atoms with van der Waals surface area (Å²) in [5.74, 6) is 0. The number of nitrogens with two attached hydrogens (primary N) is 1. The van der Waals surface area contributed by atoms with Gasteiger partial charge in [0.25, 0.3) is 0 Å². The molecule has 0 unspecified atom stereocenters. The second-order valence-electron chi connectivity index (χ2n) is 1.81. The lowest BCUT2D eigenvalue weighted by Crippen LogP contribution is -2.13. The average Bonchev–Trinajstić information content (AvgIpc) is 2.08. The maximum Gasteiger partial charge on any atom is 0.234 e. The molecule has 9 heavy (non-hydrogen) atoms. The minimum atomic E-state index is -3.40. The quantitative estimate of drug-likeness (QED) is 0.569. The van der Waals surface area contributed by atoms with Gasteiger partial charge in [0.05, 0.1) is 4.91 Å². The van der Waals surface area contributed by atoms with Crippen molar-refractivity contribution in [1.29, 1.82) is 0 Å². The molecule has 1 aliphatic carbocycles. The third-order valence-corrected chi connectivity index (χ3v) is 2.14. The van der Waals surface area contributed by atoms with Crippen molar-refractivity contribution in [3.8, 4) is 0 Å². The fraction of sp³-hybridized carbons (Fsp3) is 0.200. The van der Waals surface area contributed by atoms with Crippen molar-refractivity contribution >= 4 is 10.0 Å². The summed E-state index contributed by atoms with van der Waals surface area (Å²) in [5.41, 5.74) is 0. The van der Waals surface area contributed by atoms with E-state index < -0.39 is 10.0 Å². The highest BCUT2D eigenvalue weighted by molar-refractivity contribution is 7.93. The van der Waals surface area contributed by atoms with Gasteiger partial charge in [-0.2, -0.15) is 0 Å². The van der Waals surface area contributed by atoms with Crippen molar-refractivity contribution in [3.63, 3.8) is 0 Å². The summed E-state index contributed by atoms with van der Waals surface area (Å²) in [7, 11) is -3.40. The lowest BCUT2D eigenvalue weighted by atomic mass is 10.5. The molecule has 1 rings (SSSR count). The van der Waals surface area contributed by atoms with Crippen LogP contribution in [0.3, 0.4) is 0 Å². The summed E-state index contributed by atoms with van der Waals surface area (Å²) in [5, 5.41) is 4.80. The number of rotatable bonds is 1. The van der Waals surface area contributed by atoms with E-state index >= 15 is 0 Å². The largest absolute Gasteiger partial charge is 0.234 e. The van der Waals surface area contributed by atoms with Crippen LogP contribution in [0.2, 0.25) is 0 Å². The fourth-order valence-electron chi connectivity index (χ4n) is 0.639. The van der Waals surface area contributed by atoms with Gasteiger partial charge in [0.15, 0.2) is 0 Å².